The lowest BCUT2D eigenvalue weighted by atomic mass is 9.93. The minimum absolute atomic E-state index is 0.917. The van der Waals surface area contributed by atoms with Crippen molar-refractivity contribution in [3.05, 3.63) is 18.2 Å². The summed E-state index contributed by atoms with van der Waals surface area (Å²) < 4.78 is 2.30. The van der Waals surface area contributed by atoms with Gasteiger partial charge in [0, 0.05) is 18.9 Å². The number of hydrogen-bond acceptors (Lipinski definition) is 2. The number of nitrogens with zero attached hydrogens (tertiary/aromatic N) is 3. The molecule has 1 aromatic rings. The van der Waals surface area contributed by atoms with E-state index in [1.807, 2.05) is 6.20 Å². The average molecular weight is 362 g/mol. The van der Waals surface area contributed by atoms with Gasteiger partial charge in [0.05, 0.1) is 0 Å². The summed E-state index contributed by atoms with van der Waals surface area (Å²) in [6, 6.07) is 0. The van der Waals surface area contributed by atoms with E-state index in [9.17, 15) is 0 Å². The Morgan fingerprint density at radius 3 is 2.08 bits per heavy atom. The molecule has 0 radical (unpaired) electrons. The molecular weight excluding hydrogens is 318 g/mol. The van der Waals surface area contributed by atoms with Crippen LogP contribution < -0.4 is 0 Å². The SMILES string of the molecule is CCCCCCCCCCCCN1CCC(CCn2ccnc2C)CC1. The number of unbranched alkanes of at least 4 members (excludes halogenated alkanes) is 9. The third-order valence-corrected chi connectivity index (χ3v) is 6.24. The molecule has 1 aliphatic rings. The van der Waals surface area contributed by atoms with Crippen LogP contribution in [0.15, 0.2) is 12.4 Å². The van der Waals surface area contributed by atoms with Gasteiger partial charge in [-0.1, -0.05) is 64.7 Å². The molecule has 0 spiro atoms. The second-order valence-electron chi connectivity index (χ2n) is 8.42. The Morgan fingerprint density at radius 2 is 1.50 bits per heavy atom. The van der Waals surface area contributed by atoms with Gasteiger partial charge in [-0.15, -0.1) is 0 Å². The van der Waals surface area contributed by atoms with Crippen molar-refractivity contribution in [2.75, 3.05) is 19.6 Å². The highest BCUT2D eigenvalue weighted by Gasteiger charge is 2.18. The van der Waals surface area contributed by atoms with Gasteiger partial charge in [-0.05, 0) is 58.2 Å². The third kappa shape index (κ3) is 8.70. The van der Waals surface area contributed by atoms with Crippen LogP contribution in [0.4, 0.5) is 0 Å². The van der Waals surface area contributed by atoms with E-state index in [-0.39, 0.29) is 0 Å². The number of imidazole rings is 1. The first-order chi connectivity index (χ1) is 12.8. The quantitative estimate of drug-likeness (QED) is 0.367. The predicted octanol–water partition coefficient (Wildman–Crippen LogP) is 6.21. The van der Waals surface area contributed by atoms with Crippen LogP contribution in [-0.2, 0) is 6.54 Å². The van der Waals surface area contributed by atoms with Crippen LogP contribution >= 0.6 is 0 Å². The number of aromatic nitrogens is 2. The highest BCUT2D eigenvalue weighted by molar-refractivity contribution is 4.88. The summed E-state index contributed by atoms with van der Waals surface area (Å²) in [5, 5.41) is 0. The molecule has 3 heteroatoms. The molecular formula is C23H43N3. The van der Waals surface area contributed by atoms with Gasteiger partial charge >= 0.3 is 0 Å². The van der Waals surface area contributed by atoms with Gasteiger partial charge in [0.2, 0.25) is 0 Å². The fraction of sp³-hybridized carbons (Fsp3) is 0.870. The number of rotatable bonds is 14. The lowest BCUT2D eigenvalue weighted by molar-refractivity contribution is 0.173. The lowest BCUT2D eigenvalue weighted by Crippen LogP contribution is -2.34. The maximum Gasteiger partial charge on any atom is 0.105 e. The van der Waals surface area contributed by atoms with E-state index in [2.05, 4.69) is 34.5 Å². The van der Waals surface area contributed by atoms with Crippen molar-refractivity contribution in [2.24, 2.45) is 5.92 Å². The predicted molar refractivity (Wildman–Crippen MR) is 113 cm³/mol. The van der Waals surface area contributed by atoms with E-state index in [0.717, 1.165) is 18.3 Å². The maximum absolute atomic E-state index is 4.32. The average Bonchev–Trinajstić information content (AvgIpc) is 3.07. The monoisotopic (exact) mass is 361 g/mol. The zero-order chi connectivity index (χ0) is 18.5. The van der Waals surface area contributed by atoms with Gasteiger partial charge in [-0.3, -0.25) is 0 Å². The van der Waals surface area contributed by atoms with Gasteiger partial charge in [0.15, 0.2) is 0 Å². The molecule has 26 heavy (non-hydrogen) atoms. The molecule has 0 unspecified atom stereocenters. The minimum atomic E-state index is 0.917. The number of hydrogen-bond donors (Lipinski definition) is 0. The molecule has 0 saturated carbocycles. The molecule has 1 saturated heterocycles. The van der Waals surface area contributed by atoms with E-state index in [0.29, 0.717) is 0 Å². The fourth-order valence-electron chi connectivity index (χ4n) is 4.28. The van der Waals surface area contributed by atoms with E-state index in [4.69, 9.17) is 0 Å². The third-order valence-electron chi connectivity index (χ3n) is 6.24. The van der Waals surface area contributed by atoms with Crippen molar-refractivity contribution in [3.63, 3.8) is 0 Å². The van der Waals surface area contributed by atoms with Crippen LogP contribution in [0.25, 0.3) is 0 Å². The molecule has 0 N–H and O–H groups in total. The van der Waals surface area contributed by atoms with Crippen LogP contribution in [0, 0.1) is 12.8 Å². The number of aryl methyl sites for hydroxylation is 2. The molecule has 1 fully saturated rings. The second-order valence-corrected chi connectivity index (χ2v) is 8.42. The normalized spacial score (nSPS) is 16.4. The molecule has 0 bridgehead atoms. The Balaban J connectivity index is 1.40. The number of piperidine rings is 1. The molecule has 2 heterocycles. The van der Waals surface area contributed by atoms with Crippen molar-refractivity contribution in [2.45, 2.75) is 104 Å². The Hall–Kier alpha value is -0.830. The van der Waals surface area contributed by atoms with Crippen molar-refractivity contribution < 1.29 is 0 Å². The summed E-state index contributed by atoms with van der Waals surface area (Å²) in [7, 11) is 0. The first-order valence-electron chi connectivity index (χ1n) is 11.5. The summed E-state index contributed by atoms with van der Waals surface area (Å²) >= 11 is 0. The van der Waals surface area contributed by atoms with Crippen molar-refractivity contribution in [1.82, 2.24) is 14.5 Å². The zero-order valence-corrected chi connectivity index (χ0v) is 17.6. The summed E-state index contributed by atoms with van der Waals surface area (Å²) in [5.74, 6) is 2.07. The Morgan fingerprint density at radius 1 is 0.885 bits per heavy atom. The van der Waals surface area contributed by atoms with Crippen molar-refractivity contribution in [3.8, 4) is 0 Å². The minimum Gasteiger partial charge on any atom is -0.335 e. The van der Waals surface area contributed by atoms with Crippen LogP contribution in [0.3, 0.4) is 0 Å². The smallest absolute Gasteiger partial charge is 0.105 e. The Labute approximate surface area is 162 Å². The molecule has 1 aliphatic heterocycles. The standard InChI is InChI=1S/C23H43N3/c1-3-4-5-6-7-8-9-10-11-12-17-25-18-13-23(14-19-25)15-20-26-21-16-24-22(26)2/h16,21,23H,3-15,17-20H2,1-2H3. The summed E-state index contributed by atoms with van der Waals surface area (Å²) in [6.07, 6.45) is 22.6. The molecule has 3 nitrogen and oxygen atoms in total. The summed E-state index contributed by atoms with van der Waals surface area (Å²) in [4.78, 5) is 7.04. The van der Waals surface area contributed by atoms with Crippen LogP contribution in [0.2, 0.25) is 0 Å². The van der Waals surface area contributed by atoms with E-state index < -0.39 is 0 Å². The molecule has 2 rings (SSSR count). The first-order valence-corrected chi connectivity index (χ1v) is 11.5. The topological polar surface area (TPSA) is 21.1 Å². The molecule has 0 aliphatic carbocycles. The van der Waals surface area contributed by atoms with Crippen molar-refractivity contribution >= 4 is 0 Å². The van der Waals surface area contributed by atoms with Crippen molar-refractivity contribution in [1.29, 1.82) is 0 Å². The Kier molecular flexibility index (Phi) is 11.0. The van der Waals surface area contributed by atoms with E-state index in [1.165, 1.54) is 103 Å². The highest BCUT2D eigenvalue weighted by Crippen LogP contribution is 2.22. The maximum atomic E-state index is 4.32. The van der Waals surface area contributed by atoms with E-state index >= 15 is 0 Å². The van der Waals surface area contributed by atoms with Crippen LogP contribution in [-0.4, -0.2) is 34.1 Å². The summed E-state index contributed by atoms with van der Waals surface area (Å²) in [5.41, 5.74) is 0. The molecule has 0 aromatic carbocycles. The molecule has 0 amide bonds. The highest BCUT2D eigenvalue weighted by atomic mass is 15.1. The van der Waals surface area contributed by atoms with Gasteiger partial charge < -0.3 is 9.47 Å². The molecule has 0 atom stereocenters. The van der Waals surface area contributed by atoms with E-state index in [1.54, 1.807) is 0 Å². The zero-order valence-electron chi connectivity index (χ0n) is 17.6. The Bertz CT molecular complexity index is 446. The van der Waals surface area contributed by atoms with Gasteiger partial charge in [0.25, 0.3) is 0 Å². The fourth-order valence-corrected chi connectivity index (χ4v) is 4.28. The lowest BCUT2D eigenvalue weighted by Gasteiger charge is -2.32. The van der Waals surface area contributed by atoms with Gasteiger partial charge in [0.1, 0.15) is 5.82 Å². The largest absolute Gasteiger partial charge is 0.335 e. The molecule has 1 aromatic heterocycles. The molecule has 150 valence electrons. The van der Waals surface area contributed by atoms with Crippen LogP contribution in [0.1, 0.15) is 96.2 Å². The van der Waals surface area contributed by atoms with Crippen LogP contribution in [0.5, 0.6) is 0 Å². The summed E-state index contributed by atoms with van der Waals surface area (Å²) in [6.45, 7) is 9.54. The second kappa shape index (κ2) is 13.4. The first kappa shape index (κ1) is 21.5. The van der Waals surface area contributed by atoms with Gasteiger partial charge in [-0.2, -0.15) is 0 Å². The van der Waals surface area contributed by atoms with Gasteiger partial charge in [-0.25, -0.2) is 4.98 Å². The number of likely N-dealkylation sites (tertiary alicyclic amines) is 1.